The molecular weight excluding hydrogens is 232 g/mol. The maximum atomic E-state index is 5.30. The van der Waals surface area contributed by atoms with Gasteiger partial charge in [0.1, 0.15) is 16.1 Å². The minimum Gasteiger partial charge on any atom is -0.497 e. The molecule has 1 aromatic carbocycles. The van der Waals surface area contributed by atoms with Gasteiger partial charge in [-0.25, -0.2) is 4.98 Å². The van der Waals surface area contributed by atoms with Gasteiger partial charge < -0.3 is 9.72 Å². The molecule has 3 nitrogen and oxygen atoms in total. The van der Waals surface area contributed by atoms with Crippen LogP contribution in [0.3, 0.4) is 0 Å². The first kappa shape index (κ1) is 11.8. The van der Waals surface area contributed by atoms with Gasteiger partial charge >= 0.3 is 0 Å². The molecule has 1 N–H and O–H groups in total. The lowest BCUT2D eigenvalue weighted by Gasteiger charge is -2.07. The van der Waals surface area contributed by atoms with Crippen molar-refractivity contribution < 1.29 is 4.74 Å². The van der Waals surface area contributed by atoms with Gasteiger partial charge in [-0.15, -0.1) is 0 Å². The summed E-state index contributed by atoms with van der Waals surface area (Å²) >= 11 is 5.30. The molecule has 0 aliphatic heterocycles. The second-order valence-electron chi connectivity index (χ2n) is 3.86. The molecule has 2 rings (SSSR count). The van der Waals surface area contributed by atoms with Crippen molar-refractivity contribution in [2.45, 2.75) is 13.8 Å². The molecule has 0 unspecified atom stereocenters. The Balaban J connectivity index is 2.60. The van der Waals surface area contributed by atoms with Crippen molar-refractivity contribution in [2.75, 3.05) is 7.11 Å². The average molecular weight is 246 g/mol. The van der Waals surface area contributed by atoms with Crippen molar-refractivity contribution in [1.29, 1.82) is 0 Å². The van der Waals surface area contributed by atoms with Gasteiger partial charge in [-0.1, -0.05) is 24.4 Å². The van der Waals surface area contributed by atoms with Gasteiger partial charge in [0.2, 0.25) is 0 Å². The zero-order valence-electron chi connectivity index (χ0n) is 10.1. The third kappa shape index (κ3) is 2.36. The first-order valence-electron chi connectivity index (χ1n) is 5.34. The van der Waals surface area contributed by atoms with Crippen molar-refractivity contribution in [3.05, 3.63) is 40.3 Å². The summed E-state index contributed by atoms with van der Waals surface area (Å²) < 4.78 is 5.85. The zero-order chi connectivity index (χ0) is 12.4. The van der Waals surface area contributed by atoms with Crippen LogP contribution in [0.1, 0.15) is 11.4 Å². The third-order valence-corrected chi connectivity index (χ3v) is 2.98. The molecule has 0 aliphatic rings. The Hall–Kier alpha value is -1.68. The topological polar surface area (TPSA) is 37.9 Å². The van der Waals surface area contributed by atoms with Gasteiger partial charge in [0.05, 0.1) is 12.8 Å². The number of aromatic amines is 1. The Labute approximate surface area is 105 Å². The Morgan fingerprint density at radius 2 is 2.06 bits per heavy atom. The number of H-pyrrole nitrogens is 1. The van der Waals surface area contributed by atoms with Crippen LogP contribution in [0.4, 0.5) is 0 Å². The van der Waals surface area contributed by atoms with E-state index in [4.69, 9.17) is 17.0 Å². The predicted octanol–water partition coefficient (Wildman–Crippen LogP) is 3.43. The van der Waals surface area contributed by atoms with E-state index in [-0.39, 0.29) is 0 Å². The number of rotatable bonds is 2. The standard InChI is InChI=1S/C13H14N2OS/c1-8-9(2)15-13(17)12(14-8)10-5-4-6-11(7-10)16-3/h4-7H,1-3H3,(H,15,17). The smallest absolute Gasteiger partial charge is 0.130 e. The molecule has 88 valence electrons. The maximum Gasteiger partial charge on any atom is 0.130 e. The number of ether oxygens (including phenoxy) is 1. The van der Waals surface area contributed by atoms with Crippen LogP contribution in [-0.2, 0) is 0 Å². The Kier molecular flexibility index (Phi) is 3.24. The minimum absolute atomic E-state index is 0.654. The van der Waals surface area contributed by atoms with Gasteiger partial charge in [0.25, 0.3) is 0 Å². The van der Waals surface area contributed by atoms with Crippen LogP contribution < -0.4 is 4.74 Å². The SMILES string of the molecule is COc1cccc(-c2nc(C)c(C)[nH]c2=S)c1. The monoisotopic (exact) mass is 246 g/mol. The second kappa shape index (κ2) is 4.67. The van der Waals surface area contributed by atoms with Gasteiger partial charge in [0.15, 0.2) is 0 Å². The van der Waals surface area contributed by atoms with Crippen LogP contribution in [0.15, 0.2) is 24.3 Å². The highest BCUT2D eigenvalue weighted by Gasteiger charge is 2.06. The Morgan fingerprint density at radius 3 is 2.76 bits per heavy atom. The molecule has 0 fully saturated rings. The second-order valence-corrected chi connectivity index (χ2v) is 4.27. The van der Waals surface area contributed by atoms with Gasteiger partial charge in [-0.2, -0.15) is 0 Å². The highest BCUT2D eigenvalue weighted by molar-refractivity contribution is 7.71. The predicted molar refractivity (Wildman–Crippen MR) is 70.9 cm³/mol. The Morgan fingerprint density at radius 1 is 1.29 bits per heavy atom. The number of hydrogen-bond donors (Lipinski definition) is 1. The molecule has 2 aromatic rings. The maximum absolute atomic E-state index is 5.30. The lowest BCUT2D eigenvalue weighted by Crippen LogP contribution is -1.96. The molecule has 0 radical (unpaired) electrons. The summed E-state index contributed by atoms with van der Waals surface area (Å²) in [5, 5.41) is 0. The Bertz CT molecular complexity index is 605. The number of nitrogens with one attached hydrogen (secondary N) is 1. The molecule has 1 aromatic heterocycles. The highest BCUT2D eigenvalue weighted by atomic mass is 32.1. The zero-order valence-corrected chi connectivity index (χ0v) is 10.9. The van der Waals surface area contributed by atoms with E-state index in [9.17, 15) is 0 Å². The molecule has 0 saturated carbocycles. The number of benzene rings is 1. The summed E-state index contributed by atoms with van der Waals surface area (Å²) in [6.07, 6.45) is 0. The van der Waals surface area contributed by atoms with E-state index in [0.29, 0.717) is 4.64 Å². The lowest BCUT2D eigenvalue weighted by atomic mass is 10.1. The van der Waals surface area contributed by atoms with E-state index in [2.05, 4.69) is 9.97 Å². The molecule has 0 atom stereocenters. The quantitative estimate of drug-likeness (QED) is 0.825. The molecular formula is C13H14N2OS. The average Bonchev–Trinajstić information content (AvgIpc) is 2.34. The van der Waals surface area contributed by atoms with Gasteiger partial charge in [-0.3, -0.25) is 0 Å². The van der Waals surface area contributed by atoms with E-state index in [1.54, 1.807) is 7.11 Å². The third-order valence-electron chi connectivity index (χ3n) is 2.68. The molecule has 0 amide bonds. The van der Waals surface area contributed by atoms with Crippen molar-refractivity contribution in [3.63, 3.8) is 0 Å². The van der Waals surface area contributed by atoms with Crippen LogP contribution in [0.25, 0.3) is 11.3 Å². The summed E-state index contributed by atoms with van der Waals surface area (Å²) in [6, 6.07) is 7.74. The molecule has 0 aliphatic carbocycles. The van der Waals surface area contributed by atoms with Crippen LogP contribution in [0.2, 0.25) is 0 Å². The minimum atomic E-state index is 0.654. The van der Waals surface area contributed by atoms with E-state index in [0.717, 1.165) is 28.4 Å². The summed E-state index contributed by atoms with van der Waals surface area (Å²) in [6.45, 7) is 3.93. The molecule has 0 saturated heterocycles. The fourth-order valence-corrected chi connectivity index (χ4v) is 1.90. The van der Waals surface area contributed by atoms with E-state index in [1.807, 2.05) is 38.1 Å². The normalized spacial score (nSPS) is 10.3. The lowest BCUT2D eigenvalue weighted by molar-refractivity contribution is 0.415. The van der Waals surface area contributed by atoms with Crippen molar-refractivity contribution in [3.8, 4) is 17.0 Å². The summed E-state index contributed by atoms with van der Waals surface area (Å²) in [7, 11) is 1.65. The van der Waals surface area contributed by atoms with Gasteiger partial charge in [-0.05, 0) is 26.0 Å². The largest absolute Gasteiger partial charge is 0.497 e. The summed E-state index contributed by atoms with van der Waals surface area (Å²) in [5.74, 6) is 0.803. The molecule has 17 heavy (non-hydrogen) atoms. The summed E-state index contributed by atoms with van der Waals surface area (Å²) in [5.41, 5.74) is 3.72. The van der Waals surface area contributed by atoms with Crippen molar-refractivity contribution in [2.24, 2.45) is 0 Å². The number of hydrogen-bond acceptors (Lipinski definition) is 3. The van der Waals surface area contributed by atoms with Crippen LogP contribution in [0.5, 0.6) is 5.75 Å². The molecule has 1 heterocycles. The van der Waals surface area contributed by atoms with Crippen molar-refractivity contribution in [1.82, 2.24) is 9.97 Å². The van der Waals surface area contributed by atoms with E-state index < -0.39 is 0 Å². The fraction of sp³-hybridized carbons (Fsp3) is 0.231. The van der Waals surface area contributed by atoms with E-state index >= 15 is 0 Å². The van der Waals surface area contributed by atoms with Crippen LogP contribution in [-0.4, -0.2) is 17.1 Å². The number of methoxy groups -OCH3 is 1. The number of aryl methyl sites for hydroxylation is 2. The van der Waals surface area contributed by atoms with E-state index in [1.165, 1.54) is 0 Å². The first-order chi connectivity index (χ1) is 8.11. The summed E-state index contributed by atoms with van der Waals surface area (Å²) in [4.78, 5) is 7.68. The van der Waals surface area contributed by atoms with Crippen molar-refractivity contribution >= 4 is 12.2 Å². The molecule has 0 spiro atoms. The number of nitrogens with zero attached hydrogens (tertiary/aromatic N) is 1. The molecule has 4 heteroatoms. The molecule has 0 bridgehead atoms. The highest BCUT2D eigenvalue weighted by Crippen LogP contribution is 2.23. The van der Waals surface area contributed by atoms with Crippen LogP contribution >= 0.6 is 12.2 Å². The first-order valence-corrected chi connectivity index (χ1v) is 5.74. The van der Waals surface area contributed by atoms with Crippen LogP contribution in [0, 0.1) is 18.5 Å². The van der Waals surface area contributed by atoms with Gasteiger partial charge in [0, 0.05) is 11.3 Å². The fourth-order valence-electron chi connectivity index (χ4n) is 1.59. The number of aromatic nitrogens is 2.